The Morgan fingerprint density at radius 3 is 2.50 bits per heavy atom. The second-order valence-electron chi connectivity index (χ2n) is 2.22. The first-order chi connectivity index (χ1) is 5.27. The molecule has 4 heteroatoms. The molecule has 1 nitrogen and oxygen atoms in total. The average molecular weight is 195 g/mol. The first kappa shape index (κ1) is 10.0. The predicted molar refractivity (Wildman–Crippen MR) is 53.4 cm³/mol. The van der Waals surface area contributed by atoms with E-state index < -0.39 is 0 Å². The fourth-order valence-corrected chi connectivity index (χ4v) is 1.28. The van der Waals surface area contributed by atoms with Gasteiger partial charge in [0.1, 0.15) is 5.58 Å². The minimum absolute atomic E-state index is 0. The maximum atomic E-state index is 5.77. The van der Waals surface area contributed by atoms with Crippen LogP contribution in [0.1, 0.15) is 0 Å². The number of rotatable bonds is 0. The first-order valence-corrected chi connectivity index (χ1v) is 3.85. The molecule has 0 spiro atoms. The van der Waals surface area contributed by atoms with Gasteiger partial charge in [0.2, 0.25) is 0 Å². The number of hydrogen-bond acceptors (Lipinski definition) is 1. The SMILES string of the molecule is Clc1cc2ccoc2cc1Cl.[LiH]. The van der Waals surface area contributed by atoms with E-state index in [4.69, 9.17) is 27.6 Å². The van der Waals surface area contributed by atoms with Gasteiger partial charge in [0, 0.05) is 11.5 Å². The molecule has 0 amide bonds. The molecule has 0 radical (unpaired) electrons. The second kappa shape index (κ2) is 3.77. The van der Waals surface area contributed by atoms with E-state index >= 15 is 0 Å². The molecule has 0 aliphatic rings. The maximum absolute atomic E-state index is 5.77. The number of benzene rings is 1. The fourth-order valence-electron chi connectivity index (χ4n) is 0.957. The van der Waals surface area contributed by atoms with E-state index in [2.05, 4.69) is 0 Å². The molecule has 2 aromatic rings. The van der Waals surface area contributed by atoms with E-state index in [1.54, 1.807) is 18.4 Å². The van der Waals surface area contributed by atoms with Gasteiger partial charge in [0.25, 0.3) is 0 Å². The molecule has 1 aromatic carbocycles. The van der Waals surface area contributed by atoms with Gasteiger partial charge in [-0.25, -0.2) is 0 Å². The topological polar surface area (TPSA) is 13.1 Å². The van der Waals surface area contributed by atoms with E-state index in [1.165, 1.54) is 0 Å². The van der Waals surface area contributed by atoms with Crippen LogP contribution in [0.2, 0.25) is 10.0 Å². The quantitative estimate of drug-likeness (QED) is 0.588. The predicted octanol–water partition coefficient (Wildman–Crippen LogP) is 3.09. The van der Waals surface area contributed by atoms with Crippen LogP contribution in [0, 0.1) is 0 Å². The summed E-state index contributed by atoms with van der Waals surface area (Å²) in [6, 6.07) is 5.33. The number of furan rings is 1. The fraction of sp³-hybridized carbons (Fsp3) is 0. The summed E-state index contributed by atoms with van der Waals surface area (Å²) in [5, 5.41) is 2.05. The van der Waals surface area contributed by atoms with E-state index in [0.717, 1.165) is 11.0 Å². The molecule has 0 bridgehead atoms. The number of hydrogen-bond donors (Lipinski definition) is 0. The standard InChI is InChI=1S/C8H4Cl2O.Li.H/c9-6-3-5-1-2-11-8(5)4-7(6)10;;/h1-4H;;. The molecule has 0 saturated carbocycles. The minimum atomic E-state index is 0. The molecule has 0 N–H and O–H groups in total. The molecule has 0 saturated heterocycles. The molecule has 58 valence electrons. The Morgan fingerprint density at radius 2 is 1.75 bits per heavy atom. The van der Waals surface area contributed by atoms with Crippen molar-refractivity contribution in [3.05, 3.63) is 34.5 Å². The Bertz CT molecular complexity index is 361. The average Bonchev–Trinajstić information content (AvgIpc) is 2.36. The molecule has 0 atom stereocenters. The Balaban J connectivity index is 0.000000720. The van der Waals surface area contributed by atoms with Gasteiger partial charge >= 0.3 is 18.9 Å². The van der Waals surface area contributed by atoms with Gasteiger partial charge in [0.05, 0.1) is 16.3 Å². The summed E-state index contributed by atoms with van der Waals surface area (Å²) in [6.45, 7) is 0. The van der Waals surface area contributed by atoms with Crippen LogP contribution in [-0.4, -0.2) is 18.9 Å². The third kappa shape index (κ3) is 1.65. The zero-order valence-corrected chi connectivity index (χ0v) is 6.99. The molecular formula is C8H5Cl2LiO. The van der Waals surface area contributed by atoms with E-state index in [0.29, 0.717) is 10.0 Å². The van der Waals surface area contributed by atoms with Crippen molar-refractivity contribution < 1.29 is 4.42 Å². The molecule has 0 aliphatic carbocycles. The van der Waals surface area contributed by atoms with Crippen molar-refractivity contribution in [3.8, 4) is 0 Å². The first-order valence-electron chi connectivity index (χ1n) is 3.09. The van der Waals surface area contributed by atoms with Crippen LogP contribution in [0.25, 0.3) is 11.0 Å². The van der Waals surface area contributed by atoms with Gasteiger partial charge in [-0.15, -0.1) is 0 Å². The molecule has 0 aliphatic heterocycles. The van der Waals surface area contributed by atoms with E-state index in [-0.39, 0.29) is 18.9 Å². The third-order valence-electron chi connectivity index (χ3n) is 1.50. The molecule has 1 aromatic heterocycles. The summed E-state index contributed by atoms with van der Waals surface area (Å²) in [5.41, 5.74) is 0.763. The van der Waals surface area contributed by atoms with Gasteiger partial charge in [0.15, 0.2) is 0 Å². The molecule has 2 rings (SSSR count). The van der Waals surface area contributed by atoms with Gasteiger partial charge in [-0.3, -0.25) is 0 Å². The summed E-state index contributed by atoms with van der Waals surface area (Å²) in [6.07, 6.45) is 1.61. The van der Waals surface area contributed by atoms with Crippen molar-refractivity contribution in [2.45, 2.75) is 0 Å². The Labute approximate surface area is 91.8 Å². The second-order valence-corrected chi connectivity index (χ2v) is 3.04. The van der Waals surface area contributed by atoms with Crippen LogP contribution in [0.5, 0.6) is 0 Å². The van der Waals surface area contributed by atoms with Crippen molar-refractivity contribution in [1.82, 2.24) is 0 Å². The zero-order valence-electron chi connectivity index (χ0n) is 5.47. The molecule has 0 unspecified atom stereocenters. The van der Waals surface area contributed by atoms with E-state index in [1.807, 2.05) is 6.07 Å². The summed E-state index contributed by atoms with van der Waals surface area (Å²) in [5.74, 6) is 0. The van der Waals surface area contributed by atoms with Crippen LogP contribution >= 0.6 is 23.2 Å². The van der Waals surface area contributed by atoms with Crippen LogP contribution in [0.15, 0.2) is 28.9 Å². The Kier molecular flexibility index (Phi) is 3.14. The molecule has 0 fully saturated rings. The Morgan fingerprint density at radius 1 is 1.08 bits per heavy atom. The monoisotopic (exact) mass is 194 g/mol. The summed E-state index contributed by atoms with van der Waals surface area (Å²) >= 11 is 11.5. The van der Waals surface area contributed by atoms with E-state index in [9.17, 15) is 0 Å². The van der Waals surface area contributed by atoms with Crippen LogP contribution < -0.4 is 0 Å². The van der Waals surface area contributed by atoms with Crippen LogP contribution in [-0.2, 0) is 0 Å². The van der Waals surface area contributed by atoms with Crippen molar-refractivity contribution in [1.29, 1.82) is 0 Å². The van der Waals surface area contributed by atoms with Crippen molar-refractivity contribution in [2.75, 3.05) is 0 Å². The van der Waals surface area contributed by atoms with Gasteiger partial charge in [-0.1, -0.05) is 23.2 Å². The van der Waals surface area contributed by atoms with Crippen molar-refractivity contribution in [2.24, 2.45) is 0 Å². The molecule has 1 heterocycles. The zero-order chi connectivity index (χ0) is 7.84. The van der Waals surface area contributed by atoms with Crippen LogP contribution in [0.3, 0.4) is 0 Å². The third-order valence-corrected chi connectivity index (χ3v) is 2.22. The van der Waals surface area contributed by atoms with Gasteiger partial charge in [-0.2, -0.15) is 0 Å². The van der Waals surface area contributed by atoms with Crippen LogP contribution in [0.4, 0.5) is 0 Å². The van der Waals surface area contributed by atoms with Crippen molar-refractivity contribution in [3.63, 3.8) is 0 Å². The summed E-state index contributed by atoms with van der Waals surface area (Å²) in [7, 11) is 0. The summed E-state index contributed by atoms with van der Waals surface area (Å²) in [4.78, 5) is 0. The van der Waals surface area contributed by atoms with Gasteiger partial charge < -0.3 is 4.42 Å². The van der Waals surface area contributed by atoms with Crippen molar-refractivity contribution >= 4 is 53.0 Å². The summed E-state index contributed by atoms with van der Waals surface area (Å²) < 4.78 is 5.11. The van der Waals surface area contributed by atoms with Gasteiger partial charge in [-0.05, 0) is 12.1 Å². The number of halogens is 2. The molecular weight excluding hydrogens is 190 g/mol. The Hall–Kier alpha value is -0.0626. The normalized spacial score (nSPS) is 9.83. The molecule has 12 heavy (non-hydrogen) atoms. The number of fused-ring (bicyclic) bond motifs is 1.